The molecule has 1 aromatic rings. The molecule has 0 bridgehead atoms. The van der Waals surface area contributed by atoms with Gasteiger partial charge in [-0.15, -0.1) is 0 Å². The van der Waals surface area contributed by atoms with Crippen molar-refractivity contribution >= 4 is 5.91 Å². The molecule has 6 nitrogen and oxygen atoms in total. The maximum Gasteiger partial charge on any atom is 0.224 e. The van der Waals surface area contributed by atoms with Gasteiger partial charge in [-0.1, -0.05) is 6.07 Å². The largest absolute Gasteiger partial charge is 0.504 e. The molecule has 20 heavy (non-hydrogen) atoms. The van der Waals surface area contributed by atoms with Crippen LogP contribution < -0.4 is 5.32 Å². The molecule has 1 aromatic carbocycles. The first-order valence-corrected chi connectivity index (χ1v) is 6.74. The first-order chi connectivity index (χ1) is 9.66. The Balaban J connectivity index is 1.68. The number of morpholine rings is 1. The third kappa shape index (κ3) is 4.11. The summed E-state index contributed by atoms with van der Waals surface area (Å²) in [4.78, 5) is 13.7. The zero-order valence-corrected chi connectivity index (χ0v) is 11.3. The van der Waals surface area contributed by atoms with Gasteiger partial charge in [-0.05, 0) is 17.7 Å². The molecular weight excluding hydrogens is 260 g/mol. The highest BCUT2D eigenvalue weighted by Gasteiger charge is 2.15. The number of phenols is 2. The van der Waals surface area contributed by atoms with Crippen molar-refractivity contribution in [1.29, 1.82) is 0 Å². The van der Waals surface area contributed by atoms with Gasteiger partial charge in [0.15, 0.2) is 11.5 Å². The summed E-state index contributed by atoms with van der Waals surface area (Å²) in [7, 11) is 0. The first-order valence-electron chi connectivity index (χ1n) is 6.74. The van der Waals surface area contributed by atoms with Crippen molar-refractivity contribution in [2.75, 3.05) is 32.8 Å². The van der Waals surface area contributed by atoms with Crippen LogP contribution >= 0.6 is 0 Å². The van der Waals surface area contributed by atoms with Gasteiger partial charge in [-0.3, -0.25) is 4.79 Å². The minimum atomic E-state index is -0.131. The van der Waals surface area contributed by atoms with Crippen LogP contribution in [0.3, 0.4) is 0 Å². The van der Waals surface area contributed by atoms with E-state index >= 15 is 0 Å². The number of benzene rings is 1. The van der Waals surface area contributed by atoms with E-state index in [1.54, 1.807) is 6.07 Å². The normalized spacial score (nSPS) is 15.3. The number of nitrogens with zero attached hydrogens (tertiary/aromatic N) is 1. The zero-order valence-electron chi connectivity index (χ0n) is 11.3. The van der Waals surface area contributed by atoms with Crippen LogP contribution in [0, 0.1) is 0 Å². The Bertz CT molecular complexity index is 458. The molecule has 1 amide bonds. The first kappa shape index (κ1) is 14.6. The zero-order chi connectivity index (χ0) is 14.4. The van der Waals surface area contributed by atoms with E-state index in [0.717, 1.165) is 5.56 Å². The molecule has 1 fully saturated rings. The lowest BCUT2D eigenvalue weighted by Gasteiger charge is -2.26. The van der Waals surface area contributed by atoms with Crippen LogP contribution in [0.5, 0.6) is 11.5 Å². The predicted molar refractivity (Wildman–Crippen MR) is 73.5 cm³/mol. The number of ether oxygens (including phenoxy) is 1. The van der Waals surface area contributed by atoms with E-state index in [9.17, 15) is 15.0 Å². The predicted octanol–water partition coefficient (Wildman–Crippen LogP) is 0.436. The van der Waals surface area contributed by atoms with Crippen LogP contribution in [0.15, 0.2) is 18.2 Å². The van der Waals surface area contributed by atoms with Gasteiger partial charge in [0.2, 0.25) is 5.91 Å². The molecule has 1 saturated heterocycles. The van der Waals surface area contributed by atoms with Gasteiger partial charge in [0.05, 0.1) is 13.2 Å². The number of phenolic OH excluding ortho intramolecular Hbond substituents is 2. The quantitative estimate of drug-likeness (QED) is 0.538. The highest BCUT2D eigenvalue weighted by atomic mass is 16.5. The fourth-order valence-electron chi connectivity index (χ4n) is 2.08. The molecule has 1 aliphatic heterocycles. The average Bonchev–Trinajstić information content (AvgIpc) is 2.48. The molecule has 2 rings (SSSR count). The Morgan fingerprint density at radius 1 is 1.25 bits per heavy atom. The van der Waals surface area contributed by atoms with Crippen LogP contribution in [0.25, 0.3) is 0 Å². The Hall–Kier alpha value is -1.79. The van der Waals surface area contributed by atoms with Crippen molar-refractivity contribution < 1.29 is 19.7 Å². The lowest BCUT2D eigenvalue weighted by molar-refractivity contribution is -0.135. The topological polar surface area (TPSA) is 82.0 Å². The molecule has 1 aliphatic rings. The second-order valence-corrected chi connectivity index (χ2v) is 4.74. The molecule has 0 aromatic heterocycles. The summed E-state index contributed by atoms with van der Waals surface area (Å²) in [5.41, 5.74) is 0.860. The van der Waals surface area contributed by atoms with Gasteiger partial charge in [0.25, 0.3) is 0 Å². The Kier molecular flexibility index (Phi) is 5.20. The second kappa shape index (κ2) is 7.12. The summed E-state index contributed by atoms with van der Waals surface area (Å²) in [6, 6.07) is 4.68. The summed E-state index contributed by atoms with van der Waals surface area (Å²) in [5, 5.41) is 21.7. The van der Waals surface area contributed by atoms with E-state index < -0.39 is 0 Å². The third-order valence-corrected chi connectivity index (χ3v) is 3.25. The van der Waals surface area contributed by atoms with E-state index in [2.05, 4.69) is 5.32 Å². The Morgan fingerprint density at radius 3 is 2.70 bits per heavy atom. The lowest BCUT2D eigenvalue weighted by Crippen LogP contribution is -2.41. The second-order valence-electron chi connectivity index (χ2n) is 4.74. The summed E-state index contributed by atoms with van der Waals surface area (Å²) < 4.78 is 5.20. The third-order valence-electron chi connectivity index (χ3n) is 3.25. The molecule has 0 saturated carbocycles. The van der Waals surface area contributed by atoms with Crippen molar-refractivity contribution in [3.63, 3.8) is 0 Å². The van der Waals surface area contributed by atoms with Crippen molar-refractivity contribution in [2.24, 2.45) is 0 Å². The summed E-state index contributed by atoms with van der Waals surface area (Å²) in [6.45, 7) is 3.70. The number of hydrogen-bond donors (Lipinski definition) is 3. The average molecular weight is 280 g/mol. The molecule has 0 radical (unpaired) electrons. The lowest BCUT2D eigenvalue weighted by atomic mass is 10.2. The van der Waals surface area contributed by atoms with E-state index in [1.165, 1.54) is 12.1 Å². The van der Waals surface area contributed by atoms with Gasteiger partial charge in [-0.25, -0.2) is 0 Å². The SMILES string of the molecule is O=C(CCNCc1ccc(O)c(O)c1)N1CCOCC1. The number of carbonyl (C=O) groups excluding carboxylic acids is 1. The molecule has 110 valence electrons. The van der Waals surface area contributed by atoms with Gasteiger partial charge in [-0.2, -0.15) is 0 Å². The molecule has 0 atom stereocenters. The number of hydrogen-bond acceptors (Lipinski definition) is 5. The summed E-state index contributed by atoms with van der Waals surface area (Å²) in [6.07, 6.45) is 0.448. The molecule has 0 spiro atoms. The van der Waals surface area contributed by atoms with Crippen LogP contribution in [-0.4, -0.2) is 53.9 Å². The maximum absolute atomic E-state index is 11.9. The van der Waals surface area contributed by atoms with Gasteiger partial charge < -0.3 is 25.2 Å². The van der Waals surface area contributed by atoms with Crippen molar-refractivity contribution in [3.8, 4) is 11.5 Å². The van der Waals surface area contributed by atoms with E-state index in [1.807, 2.05) is 4.90 Å². The fraction of sp³-hybridized carbons (Fsp3) is 0.500. The molecule has 0 aliphatic carbocycles. The van der Waals surface area contributed by atoms with Crippen LogP contribution in [0.4, 0.5) is 0 Å². The summed E-state index contributed by atoms with van der Waals surface area (Å²) >= 11 is 0. The van der Waals surface area contributed by atoms with Crippen LogP contribution in [0.2, 0.25) is 0 Å². The van der Waals surface area contributed by atoms with Gasteiger partial charge >= 0.3 is 0 Å². The smallest absolute Gasteiger partial charge is 0.224 e. The number of nitrogens with one attached hydrogen (secondary N) is 1. The van der Waals surface area contributed by atoms with E-state index in [-0.39, 0.29) is 17.4 Å². The van der Waals surface area contributed by atoms with Crippen molar-refractivity contribution in [3.05, 3.63) is 23.8 Å². The number of aromatic hydroxyl groups is 2. The number of rotatable bonds is 5. The van der Waals surface area contributed by atoms with E-state index in [4.69, 9.17) is 4.74 Å². The number of carbonyl (C=O) groups is 1. The highest BCUT2D eigenvalue weighted by molar-refractivity contribution is 5.76. The molecule has 3 N–H and O–H groups in total. The van der Waals surface area contributed by atoms with Gasteiger partial charge in [0, 0.05) is 32.6 Å². The Morgan fingerprint density at radius 2 is 2.00 bits per heavy atom. The molecule has 0 unspecified atom stereocenters. The van der Waals surface area contributed by atoms with Crippen LogP contribution in [0.1, 0.15) is 12.0 Å². The number of amides is 1. The molecule has 6 heteroatoms. The monoisotopic (exact) mass is 280 g/mol. The molecule has 1 heterocycles. The minimum Gasteiger partial charge on any atom is -0.504 e. The van der Waals surface area contributed by atoms with E-state index in [0.29, 0.717) is 45.8 Å². The molecular formula is C14H20N2O4. The highest BCUT2D eigenvalue weighted by Crippen LogP contribution is 2.24. The Labute approximate surface area is 118 Å². The minimum absolute atomic E-state index is 0.128. The van der Waals surface area contributed by atoms with Crippen molar-refractivity contribution in [2.45, 2.75) is 13.0 Å². The maximum atomic E-state index is 11.9. The fourth-order valence-corrected chi connectivity index (χ4v) is 2.08. The summed E-state index contributed by atoms with van der Waals surface area (Å²) in [5.74, 6) is -0.126. The van der Waals surface area contributed by atoms with Crippen molar-refractivity contribution in [1.82, 2.24) is 10.2 Å². The standard InChI is InChI=1S/C14H20N2O4/c17-12-2-1-11(9-13(12)18)10-15-4-3-14(19)16-5-7-20-8-6-16/h1-2,9,15,17-18H,3-8,10H2. The van der Waals surface area contributed by atoms with Gasteiger partial charge in [0.1, 0.15) is 0 Å². The van der Waals surface area contributed by atoms with Crippen LogP contribution in [-0.2, 0) is 16.1 Å².